The first-order chi connectivity index (χ1) is 36.1. The largest absolute Gasteiger partial charge is 0.466 e. The van der Waals surface area contributed by atoms with Gasteiger partial charge in [-0.05, 0) is 56.6 Å². The van der Waals surface area contributed by atoms with Crippen LogP contribution in [0.4, 0.5) is 0 Å². The lowest BCUT2D eigenvalue weighted by Crippen LogP contribution is -2.60. The van der Waals surface area contributed by atoms with Gasteiger partial charge < -0.3 is 74.6 Å². The summed E-state index contributed by atoms with van der Waals surface area (Å²) in [5.74, 6) is -8.36. The number of imidazole rings is 1. The molecule has 0 aliphatic carbocycles. The van der Waals surface area contributed by atoms with Gasteiger partial charge in [0.1, 0.15) is 36.3 Å². The van der Waals surface area contributed by atoms with Crippen molar-refractivity contribution in [1.29, 1.82) is 0 Å². The number of hydrogen-bond acceptors (Lipinski definition) is 17. The summed E-state index contributed by atoms with van der Waals surface area (Å²) in [6.07, 6.45) is 3.38. The van der Waals surface area contributed by atoms with Gasteiger partial charge in [-0.3, -0.25) is 52.7 Å². The van der Waals surface area contributed by atoms with Crippen molar-refractivity contribution >= 4 is 76.0 Å². The second kappa shape index (κ2) is 35.3. The molecule has 9 amide bonds. The van der Waals surface area contributed by atoms with Crippen LogP contribution in [0.1, 0.15) is 90.8 Å². The molecule has 8 atom stereocenters. The molecular weight excluding hydrogens is 1010 g/mol. The van der Waals surface area contributed by atoms with E-state index in [2.05, 4.69) is 52.5 Å². The maximum absolute atomic E-state index is 14.4. The van der Waals surface area contributed by atoms with Crippen LogP contribution < -0.4 is 59.7 Å². The van der Waals surface area contributed by atoms with Crippen LogP contribution in [-0.2, 0) is 70.3 Å². The minimum absolute atomic E-state index is 0.0336. The van der Waals surface area contributed by atoms with Crippen molar-refractivity contribution in [2.24, 2.45) is 29.0 Å². The van der Waals surface area contributed by atoms with Gasteiger partial charge in [0.2, 0.25) is 53.2 Å². The summed E-state index contributed by atoms with van der Waals surface area (Å²) in [6.45, 7) is 7.20. The van der Waals surface area contributed by atoms with E-state index in [0.717, 1.165) is 11.8 Å². The highest BCUT2D eigenvalue weighted by molar-refractivity contribution is 8.13. The van der Waals surface area contributed by atoms with E-state index in [1.807, 2.05) is 0 Å². The number of ether oxygens (including phenoxy) is 1. The van der Waals surface area contributed by atoms with E-state index < -0.39 is 133 Å². The number of rotatable bonds is 36. The van der Waals surface area contributed by atoms with E-state index in [1.165, 1.54) is 12.5 Å². The fraction of sp³-hybridized carbons (Fsp3) is 0.592. The normalized spacial score (nSPS) is 14.2. The Morgan fingerprint density at radius 3 is 1.89 bits per heavy atom. The third-order valence-corrected chi connectivity index (χ3v) is 12.4. The van der Waals surface area contributed by atoms with Crippen LogP contribution in [0.2, 0.25) is 0 Å². The molecule has 0 fully saturated rings. The number of thioether (sulfide) groups is 1. The van der Waals surface area contributed by atoms with E-state index in [4.69, 9.17) is 21.9 Å². The molecule has 0 aliphatic heterocycles. The third kappa shape index (κ3) is 25.0. The lowest BCUT2D eigenvalue weighted by atomic mass is 9.98. The van der Waals surface area contributed by atoms with Gasteiger partial charge >= 0.3 is 5.97 Å². The third-order valence-electron chi connectivity index (χ3n) is 11.5. The average Bonchev–Trinajstić information content (AvgIpc) is 3.90. The Morgan fingerprint density at radius 2 is 1.32 bits per heavy atom. The van der Waals surface area contributed by atoms with Gasteiger partial charge in [0, 0.05) is 36.9 Å². The zero-order valence-corrected chi connectivity index (χ0v) is 44.6. The predicted molar refractivity (Wildman–Crippen MR) is 279 cm³/mol. The van der Waals surface area contributed by atoms with Crippen LogP contribution in [0, 0.1) is 11.8 Å². The molecule has 0 saturated heterocycles. The summed E-state index contributed by atoms with van der Waals surface area (Å²) >= 11 is 0.773. The summed E-state index contributed by atoms with van der Waals surface area (Å²) in [5, 5.41) is 30.0. The van der Waals surface area contributed by atoms with E-state index >= 15 is 0 Å². The first kappa shape index (κ1) is 65.1. The number of aromatic amines is 1. The van der Waals surface area contributed by atoms with Crippen molar-refractivity contribution in [3.05, 3.63) is 54.1 Å². The molecule has 16 N–H and O–H groups in total. The number of amides is 9. The Hall–Kier alpha value is -6.97. The van der Waals surface area contributed by atoms with Crippen molar-refractivity contribution in [2.75, 3.05) is 38.6 Å². The number of hydrogen-bond donors (Lipinski definition) is 13. The second-order valence-electron chi connectivity index (χ2n) is 18.3. The van der Waals surface area contributed by atoms with Gasteiger partial charge in [0.05, 0.1) is 45.1 Å². The molecule has 0 spiro atoms. The van der Waals surface area contributed by atoms with E-state index in [1.54, 1.807) is 65.0 Å². The number of nitrogens with zero attached hydrogens (tertiary/aromatic N) is 1. The van der Waals surface area contributed by atoms with Gasteiger partial charge in [0.15, 0.2) is 5.12 Å². The number of aliphatic hydroxyl groups is 1. The van der Waals surface area contributed by atoms with E-state index in [-0.39, 0.29) is 62.8 Å². The SMILES string of the molecule is CCOC(=O)CCSC(=O)C[C@H](N)C(=O)N[C@@H](CO)C(=O)N[C@@H](Cc1cnc[nH]1)C(=O)N[C@@H](CC(C)C)C(=O)N[C@@H](Cc1ccccc1)C(=O)N[C@@H](CCCCN)C(=O)NCC(=O)N[C@H](C(=O)NCC(N)=O)[C@@H](C)CC. The molecule has 27 heteroatoms. The van der Waals surface area contributed by atoms with Crippen molar-refractivity contribution in [3.63, 3.8) is 0 Å². The number of primary amides is 1. The number of benzene rings is 1. The number of unbranched alkanes of at least 4 members (excludes halogenated alkanes) is 1. The summed E-state index contributed by atoms with van der Waals surface area (Å²) < 4.78 is 4.83. The minimum atomic E-state index is -1.65. The lowest BCUT2D eigenvalue weighted by molar-refractivity contribution is -0.142. The highest BCUT2D eigenvalue weighted by atomic mass is 32.2. The number of nitrogens with two attached hydrogens (primary N) is 3. The summed E-state index contributed by atoms with van der Waals surface area (Å²) in [6, 6.07) is -0.855. The molecule has 1 heterocycles. The molecule has 0 saturated carbocycles. The zero-order valence-electron chi connectivity index (χ0n) is 43.8. The van der Waals surface area contributed by atoms with Gasteiger partial charge in [0.25, 0.3) is 0 Å². The Labute approximate surface area is 446 Å². The van der Waals surface area contributed by atoms with Crippen molar-refractivity contribution in [2.45, 2.75) is 135 Å². The molecule has 0 unspecified atom stereocenters. The molecule has 2 rings (SSSR count). The predicted octanol–water partition coefficient (Wildman–Crippen LogP) is -3.03. The molecular formula is C49H77N13O13S. The molecule has 0 aliphatic rings. The Kier molecular flexibility index (Phi) is 30.3. The maximum atomic E-state index is 14.4. The Morgan fingerprint density at radius 1 is 0.724 bits per heavy atom. The second-order valence-corrected chi connectivity index (χ2v) is 19.4. The van der Waals surface area contributed by atoms with Gasteiger partial charge in [-0.15, -0.1) is 0 Å². The number of aliphatic hydroxyl groups excluding tert-OH is 1. The molecule has 1 aromatic carbocycles. The van der Waals surface area contributed by atoms with Crippen molar-refractivity contribution in [1.82, 2.24) is 52.5 Å². The fourth-order valence-corrected chi connectivity index (χ4v) is 8.02. The van der Waals surface area contributed by atoms with Crippen LogP contribution in [0.5, 0.6) is 0 Å². The van der Waals surface area contributed by atoms with Crippen molar-refractivity contribution < 1.29 is 62.6 Å². The molecule has 0 radical (unpaired) electrons. The van der Waals surface area contributed by atoms with Gasteiger partial charge in [-0.1, -0.05) is 76.2 Å². The van der Waals surface area contributed by atoms with Gasteiger partial charge in [-0.2, -0.15) is 0 Å². The number of esters is 1. The summed E-state index contributed by atoms with van der Waals surface area (Å²) in [4.78, 5) is 151. The summed E-state index contributed by atoms with van der Waals surface area (Å²) in [7, 11) is 0. The summed E-state index contributed by atoms with van der Waals surface area (Å²) in [5.41, 5.74) is 17.8. The number of nitrogens with one attached hydrogen (secondary N) is 9. The van der Waals surface area contributed by atoms with Crippen molar-refractivity contribution in [3.8, 4) is 0 Å². The van der Waals surface area contributed by atoms with Crippen LogP contribution in [0.3, 0.4) is 0 Å². The maximum Gasteiger partial charge on any atom is 0.306 e. The molecule has 0 bridgehead atoms. The molecule has 2 aromatic rings. The monoisotopic (exact) mass is 1090 g/mol. The molecule has 422 valence electrons. The topological polar surface area (TPSA) is 420 Å². The smallest absolute Gasteiger partial charge is 0.306 e. The minimum Gasteiger partial charge on any atom is -0.466 e. The molecule has 1 aromatic heterocycles. The molecule has 26 nitrogen and oxygen atoms in total. The molecule has 76 heavy (non-hydrogen) atoms. The number of carbonyl (C=O) groups is 11. The highest BCUT2D eigenvalue weighted by Gasteiger charge is 2.34. The van der Waals surface area contributed by atoms with Crippen LogP contribution in [-0.4, -0.2) is 160 Å². The Bertz CT molecular complexity index is 2220. The number of H-pyrrole nitrogens is 1. The van der Waals surface area contributed by atoms with E-state index in [0.29, 0.717) is 30.5 Å². The first-order valence-electron chi connectivity index (χ1n) is 25.2. The Balaban J connectivity index is 2.33. The lowest BCUT2D eigenvalue weighted by Gasteiger charge is -2.28. The standard InChI is InChI=1S/C49H77N13O13S/c1-6-29(5)42(49(74)54-24-38(52)64)62-39(65)25-55-44(69)33(15-11-12-17-50)57-46(71)35(20-30-13-9-8-10-14-30)59-45(70)34(19-28(3)4)58-47(72)36(21-31-23-53-27-56-31)60-48(73)37(26-63)61-43(68)32(51)22-41(67)76-18-16-40(66)75-7-2/h8-10,13-14,23,27-29,32-37,42,63H,6-7,11-12,15-22,24-26,50-51H2,1-5H3,(H2,52,64)(H,53,56)(H,54,74)(H,55,69)(H,57,71)(H,58,72)(H,59,70)(H,60,73)(H,61,68)(H,62,65)/t29-,32-,33-,34-,35-,36-,37-,42-/m0/s1. The van der Waals surface area contributed by atoms with Gasteiger partial charge in [-0.25, -0.2) is 4.98 Å². The highest BCUT2D eigenvalue weighted by Crippen LogP contribution is 2.13. The fourth-order valence-electron chi connectivity index (χ4n) is 7.22. The quantitative estimate of drug-likeness (QED) is 0.0238. The first-order valence-corrected chi connectivity index (χ1v) is 26.1. The number of carbonyl (C=O) groups excluding carboxylic acids is 11. The zero-order chi connectivity index (χ0) is 56.7. The van der Waals surface area contributed by atoms with Crippen LogP contribution in [0.15, 0.2) is 42.9 Å². The van der Waals surface area contributed by atoms with Crippen LogP contribution in [0.25, 0.3) is 0 Å². The number of aromatic nitrogens is 2. The van der Waals surface area contributed by atoms with Crippen LogP contribution >= 0.6 is 11.8 Å². The van der Waals surface area contributed by atoms with E-state index in [9.17, 15) is 57.8 Å². The average molecular weight is 1090 g/mol.